The van der Waals surface area contributed by atoms with Crippen molar-refractivity contribution in [3.8, 4) is 5.88 Å². The van der Waals surface area contributed by atoms with Gasteiger partial charge >= 0.3 is 5.69 Å². The van der Waals surface area contributed by atoms with Crippen molar-refractivity contribution < 1.29 is 5.11 Å². The third kappa shape index (κ3) is 5.11. The number of nitrogens with zero attached hydrogens (tertiary/aromatic N) is 1. The van der Waals surface area contributed by atoms with Gasteiger partial charge in [-0.25, -0.2) is 4.79 Å². The van der Waals surface area contributed by atoms with E-state index in [9.17, 15) is 9.90 Å². The molecule has 0 amide bonds. The highest BCUT2D eigenvalue weighted by Crippen LogP contribution is 2.10. The number of aromatic hydroxyl groups is 1. The second-order valence-corrected chi connectivity index (χ2v) is 4.58. The molecule has 0 aliphatic rings. The number of aromatic nitrogens is 2. The summed E-state index contributed by atoms with van der Waals surface area (Å²) in [5.41, 5.74) is -0.217. The fourth-order valence-electron chi connectivity index (χ4n) is 2.01. The van der Waals surface area contributed by atoms with Crippen LogP contribution in [-0.2, 0) is 6.54 Å². The summed E-state index contributed by atoms with van der Waals surface area (Å²) in [4.78, 5) is 13.7. The number of nitrogens with one attached hydrogen (secondary N) is 1. The third-order valence-electron chi connectivity index (χ3n) is 3.08. The number of hydrogen-bond acceptors (Lipinski definition) is 2. The Morgan fingerprint density at radius 2 is 1.71 bits per heavy atom. The minimum absolute atomic E-state index is 0.0398. The topological polar surface area (TPSA) is 58.0 Å². The Morgan fingerprint density at radius 3 is 2.24 bits per heavy atom. The van der Waals surface area contributed by atoms with Gasteiger partial charge in [-0.1, -0.05) is 51.9 Å². The van der Waals surface area contributed by atoms with Gasteiger partial charge in [0.2, 0.25) is 5.88 Å². The van der Waals surface area contributed by atoms with Crippen LogP contribution >= 0.6 is 0 Å². The molecule has 0 aromatic carbocycles. The van der Waals surface area contributed by atoms with Crippen molar-refractivity contribution in [3.63, 3.8) is 0 Å². The molecule has 4 nitrogen and oxygen atoms in total. The number of hydrogen-bond donors (Lipinski definition) is 2. The van der Waals surface area contributed by atoms with Crippen LogP contribution in [0.2, 0.25) is 0 Å². The largest absolute Gasteiger partial charge is 0.493 e. The zero-order valence-corrected chi connectivity index (χ0v) is 10.7. The molecule has 0 atom stereocenters. The van der Waals surface area contributed by atoms with Gasteiger partial charge < -0.3 is 10.1 Å². The van der Waals surface area contributed by atoms with Crippen LogP contribution in [0.4, 0.5) is 0 Å². The first-order valence-electron chi connectivity index (χ1n) is 6.73. The first kappa shape index (κ1) is 13.9. The van der Waals surface area contributed by atoms with Crippen LogP contribution in [-0.4, -0.2) is 14.7 Å². The third-order valence-corrected chi connectivity index (χ3v) is 3.08. The van der Waals surface area contributed by atoms with Crippen molar-refractivity contribution in [2.75, 3.05) is 0 Å². The predicted octanol–water partition coefficient (Wildman–Crippen LogP) is 3.02. The maximum absolute atomic E-state index is 11.2. The van der Waals surface area contributed by atoms with Gasteiger partial charge in [-0.3, -0.25) is 4.57 Å². The highest BCUT2D eigenvalue weighted by Gasteiger charge is 2.02. The van der Waals surface area contributed by atoms with E-state index < -0.39 is 0 Å². The molecule has 0 saturated heterocycles. The van der Waals surface area contributed by atoms with E-state index in [-0.39, 0.29) is 11.6 Å². The lowest BCUT2D eigenvalue weighted by Crippen LogP contribution is -2.16. The van der Waals surface area contributed by atoms with Crippen molar-refractivity contribution >= 4 is 0 Å². The molecule has 1 aromatic heterocycles. The molecule has 0 spiro atoms. The van der Waals surface area contributed by atoms with Crippen LogP contribution < -0.4 is 5.69 Å². The monoisotopic (exact) mass is 240 g/mol. The van der Waals surface area contributed by atoms with Gasteiger partial charge in [0.1, 0.15) is 0 Å². The van der Waals surface area contributed by atoms with E-state index in [1.165, 1.54) is 49.3 Å². The minimum atomic E-state index is -0.217. The summed E-state index contributed by atoms with van der Waals surface area (Å²) in [5.74, 6) is 0.0398. The summed E-state index contributed by atoms with van der Waals surface area (Å²) >= 11 is 0. The molecule has 0 saturated carbocycles. The highest BCUT2D eigenvalue weighted by molar-refractivity contribution is 5.02. The fourth-order valence-corrected chi connectivity index (χ4v) is 2.01. The van der Waals surface area contributed by atoms with Crippen LogP contribution in [0.3, 0.4) is 0 Å². The van der Waals surface area contributed by atoms with Gasteiger partial charge in [0.25, 0.3) is 0 Å². The molecule has 0 aliphatic heterocycles. The Labute approximate surface area is 103 Å². The smallest absolute Gasteiger partial charge is 0.328 e. The molecule has 4 heteroatoms. The number of imidazole rings is 1. The van der Waals surface area contributed by atoms with Crippen LogP contribution in [0.25, 0.3) is 0 Å². The van der Waals surface area contributed by atoms with Crippen LogP contribution in [0.5, 0.6) is 5.88 Å². The van der Waals surface area contributed by atoms with Gasteiger partial charge in [0.15, 0.2) is 0 Å². The van der Waals surface area contributed by atoms with E-state index in [1.807, 2.05) is 0 Å². The van der Waals surface area contributed by atoms with E-state index in [0.717, 1.165) is 12.8 Å². The average molecular weight is 240 g/mol. The molecule has 2 N–H and O–H groups in total. The molecule has 0 radical (unpaired) electrons. The van der Waals surface area contributed by atoms with Crippen molar-refractivity contribution in [1.29, 1.82) is 0 Å². The molecule has 0 aliphatic carbocycles. The Bertz CT molecular complexity index is 355. The molecule has 1 aromatic rings. The Morgan fingerprint density at radius 1 is 1.12 bits per heavy atom. The molecular formula is C13H24N2O2. The zero-order valence-electron chi connectivity index (χ0n) is 10.7. The Balaban J connectivity index is 2.03. The zero-order chi connectivity index (χ0) is 12.5. The van der Waals surface area contributed by atoms with Gasteiger partial charge in [-0.05, 0) is 6.42 Å². The second-order valence-electron chi connectivity index (χ2n) is 4.58. The lowest BCUT2D eigenvalue weighted by Gasteiger charge is -2.03. The summed E-state index contributed by atoms with van der Waals surface area (Å²) < 4.78 is 1.39. The van der Waals surface area contributed by atoms with E-state index in [1.54, 1.807) is 0 Å². The molecule has 1 rings (SSSR count). The molecular weight excluding hydrogens is 216 g/mol. The van der Waals surface area contributed by atoms with Crippen molar-refractivity contribution in [2.45, 2.75) is 64.8 Å². The summed E-state index contributed by atoms with van der Waals surface area (Å²) in [6, 6.07) is 0. The second kappa shape index (κ2) is 7.98. The molecule has 0 unspecified atom stereocenters. The standard InChI is InChI=1S/C13H24N2O2/c1-2-3-4-5-6-7-8-9-10-15-12(16)11-14-13(15)17/h11,16H,2-10H2,1H3,(H,14,17). The summed E-state index contributed by atoms with van der Waals surface area (Å²) in [7, 11) is 0. The predicted molar refractivity (Wildman–Crippen MR) is 69.3 cm³/mol. The molecule has 98 valence electrons. The van der Waals surface area contributed by atoms with Crippen molar-refractivity contribution in [1.82, 2.24) is 9.55 Å². The fraction of sp³-hybridized carbons (Fsp3) is 0.769. The molecule has 0 fully saturated rings. The van der Waals surface area contributed by atoms with Gasteiger partial charge in [0, 0.05) is 6.54 Å². The van der Waals surface area contributed by atoms with Crippen LogP contribution in [0, 0.1) is 0 Å². The van der Waals surface area contributed by atoms with Gasteiger partial charge in [-0.2, -0.15) is 0 Å². The van der Waals surface area contributed by atoms with Crippen LogP contribution in [0.15, 0.2) is 11.0 Å². The Hall–Kier alpha value is -1.19. The summed E-state index contributed by atoms with van der Waals surface area (Å²) in [6.45, 7) is 2.84. The van der Waals surface area contributed by atoms with Crippen molar-refractivity contribution in [2.24, 2.45) is 0 Å². The van der Waals surface area contributed by atoms with Gasteiger partial charge in [0.05, 0.1) is 6.20 Å². The summed E-state index contributed by atoms with van der Waals surface area (Å²) in [5, 5.41) is 9.36. The number of unbranched alkanes of at least 4 members (excludes halogenated alkanes) is 7. The molecule has 17 heavy (non-hydrogen) atoms. The molecule has 1 heterocycles. The van der Waals surface area contributed by atoms with Crippen molar-refractivity contribution in [3.05, 3.63) is 16.7 Å². The number of rotatable bonds is 9. The van der Waals surface area contributed by atoms with Gasteiger partial charge in [-0.15, -0.1) is 0 Å². The van der Waals surface area contributed by atoms with E-state index >= 15 is 0 Å². The maximum atomic E-state index is 11.2. The van der Waals surface area contributed by atoms with E-state index in [2.05, 4.69) is 11.9 Å². The highest BCUT2D eigenvalue weighted by atomic mass is 16.3. The average Bonchev–Trinajstić information content (AvgIpc) is 2.63. The number of aromatic amines is 1. The lowest BCUT2D eigenvalue weighted by atomic mass is 10.1. The number of H-pyrrole nitrogens is 1. The van der Waals surface area contributed by atoms with Crippen LogP contribution in [0.1, 0.15) is 58.3 Å². The van der Waals surface area contributed by atoms with E-state index in [0.29, 0.717) is 6.54 Å². The first-order chi connectivity index (χ1) is 8.25. The minimum Gasteiger partial charge on any atom is -0.493 e. The molecule has 0 bridgehead atoms. The SMILES string of the molecule is CCCCCCCCCCn1c(O)c[nH]c1=O. The lowest BCUT2D eigenvalue weighted by molar-refractivity contribution is 0.405. The van der Waals surface area contributed by atoms with E-state index in [4.69, 9.17) is 0 Å². The Kier molecular flexibility index (Phi) is 6.51. The quantitative estimate of drug-likeness (QED) is 0.652. The maximum Gasteiger partial charge on any atom is 0.328 e. The first-order valence-corrected chi connectivity index (χ1v) is 6.73. The summed E-state index contributed by atoms with van der Waals surface area (Å²) in [6.07, 6.45) is 11.2. The normalized spacial score (nSPS) is 10.9.